The zero-order valence-corrected chi connectivity index (χ0v) is 13.7. The molecule has 4 aliphatic heterocycles. The molecular weight excluding hydrogens is 298 g/mol. The number of nitrogens with zero attached hydrogens (tertiary/aromatic N) is 3. The topological polar surface area (TPSA) is 36.4 Å². The number of piperidine rings is 3. The molecule has 1 atom stereocenters. The van der Waals surface area contributed by atoms with Crippen molar-refractivity contribution in [1.29, 1.82) is 0 Å². The molecule has 0 N–H and O–H groups in total. The van der Waals surface area contributed by atoms with Gasteiger partial charge in [-0.3, -0.25) is 9.78 Å². The molecule has 24 heavy (non-hydrogen) atoms. The lowest BCUT2D eigenvalue weighted by molar-refractivity contribution is 0.00846. The first-order valence-corrected chi connectivity index (χ1v) is 8.86. The van der Waals surface area contributed by atoms with Gasteiger partial charge in [-0.2, -0.15) is 0 Å². The van der Waals surface area contributed by atoms with Gasteiger partial charge in [-0.25, -0.2) is 0 Å². The summed E-state index contributed by atoms with van der Waals surface area (Å²) >= 11 is 0. The standard InChI is InChI=1S/C20H21N3O/c24-20-18-11-16(14-3-7-21-8-4-14)1-2-17(18)12-23(20)19-13-22-9-5-15(19)6-10-22/h1-4,7-8,11,15,19H,5-6,9-10,12-13H2/t19-/m0/s1. The van der Waals surface area contributed by atoms with E-state index in [9.17, 15) is 4.79 Å². The molecule has 4 heteroatoms. The van der Waals surface area contributed by atoms with Crippen LogP contribution in [-0.2, 0) is 6.54 Å². The SMILES string of the molecule is O=C1c2cc(-c3ccncc3)ccc2CN1[C@H]1CN2CCC1CC2. The maximum absolute atomic E-state index is 13.1. The Morgan fingerprint density at radius 1 is 1.00 bits per heavy atom. The van der Waals surface area contributed by atoms with Crippen LogP contribution >= 0.6 is 0 Å². The minimum absolute atomic E-state index is 0.222. The first kappa shape index (κ1) is 14.2. The Morgan fingerprint density at radius 3 is 2.50 bits per heavy atom. The van der Waals surface area contributed by atoms with Gasteiger partial charge in [0, 0.05) is 37.1 Å². The molecule has 0 aliphatic carbocycles. The number of benzene rings is 1. The van der Waals surface area contributed by atoms with E-state index < -0.39 is 0 Å². The van der Waals surface area contributed by atoms with Crippen LogP contribution in [0.15, 0.2) is 42.7 Å². The van der Waals surface area contributed by atoms with E-state index in [1.54, 1.807) is 12.4 Å². The summed E-state index contributed by atoms with van der Waals surface area (Å²) in [7, 11) is 0. The second-order valence-corrected chi connectivity index (χ2v) is 7.25. The lowest BCUT2D eigenvalue weighted by Crippen LogP contribution is -2.57. The number of carbonyl (C=O) groups is 1. The number of carbonyl (C=O) groups excluding carboxylic acids is 1. The minimum Gasteiger partial charge on any atom is -0.330 e. The zero-order valence-electron chi connectivity index (χ0n) is 13.7. The van der Waals surface area contributed by atoms with E-state index in [1.165, 1.54) is 31.5 Å². The van der Waals surface area contributed by atoms with Gasteiger partial charge in [-0.05, 0) is 66.7 Å². The Balaban J connectivity index is 1.45. The van der Waals surface area contributed by atoms with E-state index in [4.69, 9.17) is 0 Å². The predicted molar refractivity (Wildman–Crippen MR) is 92.5 cm³/mol. The number of rotatable bonds is 2. The average Bonchev–Trinajstić information content (AvgIpc) is 2.99. The van der Waals surface area contributed by atoms with E-state index in [-0.39, 0.29) is 5.91 Å². The molecule has 1 amide bonds. The summed E-state index contributed by atoms with van der Waals surface area (Å²) in [5.41, 5.74) is 4.28. The first-order valence-electron chi connectivity index (χ1n) is 8.86. The highest BCUT2D eigenvalue weighted by molar-refractivity contribution is 5.99. The fraction of sp³-hybridized carbons (Fsp3) is 0.400. The number of pyridine rings is 1. The van der Waals surface area contributed by atoms with Crippen LogP contribution in [0.5, 0.6) is 0 Å². The number of hydrogen-bond donors (Lipinski definition) is 0. The third-order valence-electron chi connectivity index (χ3n) is 5.98. The summed E-state index contributed by atoms with van der Waals surface area (Å²) < 4.78 is 0. The van der Waals surface area contributed by atoms with Crippen molar-refractivity contribution < 1.29 is 4.79 Å². The summed E-state index contributed by atoms with van der Waals surface area (Å²) in [5.74, 6) is 0.910. The van der Waals surface area contributed by atoms with Crippen LogP contribution < -0.4 is 0 Å². The molecule has 2 aromatic rings. The van der Waals surface area contributed by atoms with Gasteiger partial charge in [-0.15, -0.1) is 0 Å². The predicted octanol–water partition coefficient (Wildman–Crippen LogP) is 2.80. The third kappa shape index (κ3) is 2.17. The van der Waals surface area contributed by atoms with E-state index in [1.807, 2.05) is 12.1 Å². The highest BCUT2D eigenvalue weighted by Crippen LogP contribution is 2.36. The minimum atomic E-state index is 0.222. The third-order valence-corrected chi connectivity index (χ3v) is 5.98. The van der Waals surface area contributed by atoms with Crippen molar-refractivity contribution in [3.63, 3.8) is 0 Å². The molecule has 6 rings (SSSR count). The number of amides is 1. The summed E-state index contributed by atoms with van der Waals surface area (Å²) in [6.07, 6.45) is 6.08. The smallest absolute Gasteiger partial charge is 0.254 e. The maximum Gasteiger partial charge on any atom is 0.254 e. The molecule has 4 aliphatic rings. The lowest BCUT2D eigenvalue weighted by Gasteiger charge is -2.48. The van der Waals surface area contributed by atoms with Crippen molar-refractivity contribution in [2.75, 3.05) is 19.6 Å². The van der Waals surface area contributed by atoms with Gasteiger partial charge in [0.25, 0.3) is 5.91 Å². The Hall–Kier alpha value is -2.20. The van der Waals surface area contributed by atoms with Gasteiger partial charge in [-0.1, -0.05) is 12.1 Å². The van der Waals surface area contributed by atoms with Crippen LogP contribution in [0.1, 0.15) is 28.8 Å². The van der Waals surface area contributed by atoms with Crippen LogP contribution in [0, 0.1) is 5.92 Å². The largest absolute Gasteiger partial charge is 0.330 e. The van der Waals surface area contributed by atoms with E-state index in [2.05, 4.69) is 33.0 Å². The van der Waals surface area contributed by atoms with Crippen molar-refractivity contribution in [3.8, 4) is 11.1 Å². The van der Waals surface area contributed by atoms with E-state index in [0.717, 1.165) is 29.8 Å². The zero-order chi connectivity index (χ0) is 16.1. The van der Waals surface area contributed by atoms with Crippen molar-refractivity contribution in [1.82, 2.24) is 14.8 Å². The van der Waals surface area contributed by atoms with Gasteiger partial charge in [0.2, 0.25) is 0 Å². The van der Waals surface area contributed by atoms with Crippen molar-refractivity contribution in [2.45, 2.75) is 25.4 Å². The second-order valence-electron chi connectivity index (χ2n) is 7.25. The quantitative estimate of drug-likeness (QED) is 0.854. The van der Waals surface area contributed by atoms with E-state index >= 15 is 0 Å². The lowest BCUT2D eigenvalue weighted by atomic mass is 9.83. The van der Waals surface area contributed by atoms with Crippen LogP contribution in [0.25, 0.3) is 11.1 Å². The number of aromatic nitrogens is 1. The summed E-state index contributed by atoms with van der Waals surface area (Å²) in [6.45, 7) is 4.26. The van der Waals surface area contributed by atoms with Gasteiger partial charge in [0.1, 0.15) is 0 Å². The molecule has 0 unspecified atom stereocenters. The van der Waals surface area contributed by atoms with Crippen molar-refractivity contribution in [3.05, 3.63) is 53.9 Å². The molecule has 0 saturated carbocycles. The fourth-order valence-corrected chi connectivity index (χ4v) is 4.60. The highest BCUT2D eigenvalue weighted by atomic mass is 16.2. The highest BCUT2D eigenvalue weighted by Gasteiger charge is 2.42. The molecule has 1 aromatic carbocycles. The molecule has 2 bridgehead atoms. The second kappa shape index (κ2) is 5.42. The molecule has 4 nitrogen and oxygen atoms in total. The molecule has 0 spiro atoms. The molecule has 0 radical (unpaired) electrons. The molecule has 3 saturated heterocycles. The van der Waals surface area contributed by atoms with Gasteiger partial charge < -0.3 is 9.80 Å². The van der Waals surface area contributed by atoms with Crippen LogP contribution in [0.4, 0.5) is 0 Å². The summed E-state index contributed by atoms with van der Waals surface area (Å²) in [5, 5.41) is 0. The molecule has 5 heterocycles. The first-order chi connectivity index (χ1) is 11.8. The Kier molecular flexibility index (Phi) is 3.20. The number of hydrogen-bond acceptors (Lipinski definition) is 3. The molecular formula is C20H21N3O. The summed E-state index contributed by atoms with van der Waals surface area (Å²) in [4.78, 5) is 21.8. The number of fused-ring (bicyclic) bond motifs is 4. The van der Waals surface area contributed by atoms with Gasteiger partial charge >= 0.3 is 0 Å². The monoisotopic (exact) mass is 319 g/mol. The Bertz CT molecular complexity index is 781. The molecule has 1 aromatic heterocycles. The van der Waals surface area contributed by atoms with Crippen LogP contribution in [0.2, 0.25) is 0 Å². The average molecular weight is 319 g/mol. The van der Waals surface area contributed by atoms with Crippen LogP contribution in [-0.4, -0.2) is 46.4 Å². The maximum atomic E-state index is 13.1. The van der Waals surface area contributed by atoms with E-state index in [0.29, 0.717) is 12.0 Å². The molecule has 122 valence electrons. The fourth-order valence-electron chi connectivity index (χ4n) is 4.60. The molecule has 3 fully saturated rings. The Labute approximate surface area is 142 Å². The normalized spacial score (nSPS) is 28.2. The summed E-state index contributed by atoms with van der Waals surface area (Å²) in [6, 6.07) is 10.7. The van der Waals surface area contributed by atoms with Crippen molar-refractivity contribution in [2.24, 2.45) is 5.92 Å². The van der Waals surface area contributed by atoms with Crippen LogP contribution in [0.3, 0.4) is 0 Å². The van der Waals surface area contributed by atoms with Gasteiger partial charge in [0.15, 0.2) is 0 Å². The van der Waals surface area contributed by atoms with Gasteiger partial charge in [0.05, 0.1) is 0 Å². The Morgan fingerprint density at radius 2 is 1.79 bits per heavy atom. The van der Waals surface area contributed by atoms with Crippen molar-refractivity contribution >= 4 is 5.91 Å².